The first-order valence-corrected chi connectivity index (χ1v) is 8.81. The molecule has 1 saturated heterocycles. The number of carbonyl (C=O) groups is 1. The number of likely N-dealkylation sites (N-methyl/N-ethyl adjacent to an activating group) is 1. The highest BCUT2D eigenvalue weighted by atomic mass is 35.5. The molecule has 1 fully saturated rings. The van der Waals surface area contributed by atoms with Crippen molar-refractivity contribution in [3.63, 3.8) is 0 Å². The van der Waals surface area contributed by atoms with Crippen LogP contribution in [0.2, 0.25) is 5.02 Å². The molecule has 0 aliphatic carbocycles. The van der Waals surface area contributed by atoms with Gasteiger partial charge in [-0.25, -0.2) is 0 Å². The molecule has 0 bridgehead atoms. The van der Waals surface area contributed by atoms with E-state index in [2.05, 4.69) is 37.1 Å². The van der Waals surface area contributed by atoms with E-state index in [0.29, 0.717) is 16.5 Å². The lowest BCUT2D eigenvalue weighted by atomic mass is 9.88. The van der Waals surface area contributed by atoms with Crippen molar-refractivity contribution >= 4 is 23.2 Å². The van der Waals surface area contributed by atoms with E-state index in [1.807, 2.05) is 23.1 Å². The molecule has 4 heteroatoms. The van der Waals surface area contributed by atoms with Crippen LogP contribution < -0.4 is 4.90 Å². The number of benzene rings is 2. The molecule has 1 amide bonds. The Morgan fingerprint density at radius 1 is 1.21 bits per heavy atom. The molecule has 0 saturated carbocycles. The van der Waals surface area contributed by atoms with Crippen LogP contribution in [0.25, 0.3) is 0 Å². The number of hydrogen-bond donors (Lipinski definition) is 0. The number of aryl methyl sites for hydroxylation is 1. The minimum Gasteiger partial charge on any atom is -0.306 e. The van der Waals surface area contributed by atoms with E-state index >= 15 is 0 Å². The first kappa shape index (κ1) is 15.7. The number of piperidine rings is 1. The van der Waals surface area contributed by atoms with Gasteiger partial charge in [0.1, 0.15) is 0 Å². The molecular weight excluding hydrogens is 320 g/mol. The zero-order valence-electron chi connectivity index (χ0n) is 14.0. The molecule has 4 rings (SSSR count). The smallest absolute Gasteiger partial charge is 0.260 e. The minimum atomic E-state index is 0.0164. The van der Waals surface area contributed by atoms with Gasteiger partial charge in [0.25, 0.3) is 5.91 Å². The number of rotatable bonds is 1. The summed E-state index contributed by atoms with van der Waals surface area (Å²) in [6.45, 7) is 4.12. The topological polar surface area (TPSA) is 23.6 Å². The van der Waals surface area contributed by atoms with Crippen LogP contribution in [0.1, 0.15) is 33.8 Å². The highest BCUT2D eigenvalue weighted by molar-refractivity contribution is 6.34. The predicted molar refractivity (Wildman–Crippen MR) is 98.1 cm³/mol. The standard InChI is InChI=1S/C20H21ClN2O/c1-13-7-8-18-15(11-13)16-12-22(2)10-9-19(16)23(18)20(24)14-5-3-4-6-17(14)21/h3-8,11,16,19H,9-10,12H2,1-2H3. The number of hydrogen-bond acceptors (Lipinski definition) is 2. The molecule has 0 spiro atoms. The summed E-state index contributed by atoms with van der Waals surface area (Å²) in [5.41, 5.74) is 4.18. The second-order valence-electron chi connectivity index (χ2n) is 6.94. The number of likely N-dealkylation sites (tertiary alicyclic amines) is 1. The van der Waals surface area contributed by atoms with E-state index < -0.39 is 0 Å². The average molecular weight is 341 g/mol. The number of fused-ring (bicyclic) bond motifs is 3. The molecule has 2 unspecified atom stereocenters. The Kier molecular flexibility index (Phi) is 3.86. The lowest BCUT2D eigenvalue weighted by Crippen LogP contribution is -2.47. The van der Waals surface area contributed by atoms with Crippen LogP contribution in [0.15, 0.2) is 42.5 Å². The molecule has 2 aromatic rings. The summed E-state index contributed by atoms with van der Waals surface area (Å²) in [6.07, 6.45) is 0.991. The second-order valence-corrected chi connectivity index (χ2v) is 7.35. The van der Waals surface area contributed by atoms with Crippen molar-refractivity contribution in [2.75, 3.05) is 25.0 Å². The number of halogens is 1. The SMILES string of the molecule is Cc1ccc2c(c1)C1CN(C)CCC1N2C(=O)c1ccccc1Cl. The van der Waals surface area contributed by atoms with Crippen molar-refractivity contribution in [3.05, 3.63) is 64.2 Å². The van der Waals surface area contributed by atoms with Gasteiger partial charge >= 0.3 is 0 Å². The fourth-order valence-corrected chi connectivity index (χ4v) is 4.33. The van der Waals surface area contributed by atoms with Crippen molar-refractivity contribution in [2.45, 2.75) is 25.3 Å². The Balaban J connectivity index is 1.81. The molecule has 2 aromatic carbocycles. The van der Waals surface area contributed by atoms with Crippen LogP contribution in [-0.2, 0) is 0 Å². The zero-order valence-corrected chi connectivity index (χ0v) is 14.8. The Bertz CT molecular complexity index is 804. The number of carbonyl (C=O) groups excluding carboxylic acids is 1. The fraction of sp³-hybridized carbons (Fsp3) is 0.350. The van der Waals surface area contributed by atoms with E-state index in [-0.39, 0.29) is 11.9 Å². The molecular formula is C20H21ClN2O. The summed E-state index contributed by atoms with van der Waals surface area (Å²) in [5, 5.41) is 0.521. The third-order valence-corrected chi connectivity index (χ3v) is 5.61. The van der Waals surface area contributed by atoms with Gasteiger partial charge in [0.15, 0.2) is 0 Å². The number of nitrogens with zero attached hydrogens (tertiary/aromatic N) is 2. The van der Waals surface area contributed by atoms with Crippen LogP contribution in [-0.4, -0.2) is 37.0 Å². The Morgan fingerprint density at radius 2 is 2.00 bits per heavy atom. The van der Waals surface area contributed by atoms with Gasteiger partial charge in [-0.1, -0.05) is 41.4 Å². The van der Waals surface area contributed by atoms with E-state index in [1.165, 1.54) is 11.1 Å². The highest BCUT2D eigenvalue weighted by Gasteiger charge is 2.44. The third kappa shape index (κ3) is 2.43. The quantitative estimate of drug-likeness (QED) is 0.780. The monoisotopic (exact) mass is 340 g/mol. The lowest BCUT2D eigenvalue weighted by molar-refractivity contribution is 0.0965. The van der Waals surface area contributed by atoms with E-state index in [0.717, 1.165) is 25.2 Å². The van der Waals surface area contributed by atoms with Gasteiger partial charge in [-0.2, -0.15) is 0 Å². The Labute approximate surface area is 147 Å². The number of anilines is 1. The van der Waals surface area contributed by atoms with Crippen molar-refractivity contribution in [3.8, 4) is 0 Å². The maximum Gasteiger partial charge on any atom is 0.260 e. The van der Waals surface area contributed by atoms with Crippen LogP contribution in [0, 0.1) is 6.92 Å². The van der Waals surface area contributed by atoms with Crippen molar-refractivity contribution in [1.82, 2.24) is 4.90 Å². The summed E-state index contributed by atoms with van der Waals surface area (Å²) in [4.78, 5) is 17.6. The van der Waals surface area contributed by atoms with E-state index in [1.54, 1.807) is 6.07 Å². The summed E-state index contributed by atoms with van der Waals surface area (Å²) in [6, 6.07) is 14.0. The highest BCUT2D eigenvalue weighted by Crippen LogP contribution is 2.45. The molecule has 2 atom stereocenters. The normalized spacial score (nSPS) is 23.0. The maximum absolute atomic E-state index is 13.3. The minimum absolute atomic E-state index is 0.0164. The molecule has 3 nitrogen and oxygen atoms in total. The first-order valence-electron chi connectivity index (χ1n) is 8.43. The Morgan fingerprint density at radius 3 is 2.79 bits per heavy atom. The molecule has 2 aliphatic heterocycles. The predicted octanol–water partition coefficient (Wildman–Crippen LogP) is 4.10. The van der Waals surface area contributed by atoms with Gasteiger partial charge in [-0.3, -0.25) is 4.79 Å². The van der Waals surface area contributed by atoms with Crippen LogP contribution in [0.3, 0.4) is 0 Å². The largest absolute Gasteiger partial charge is 0.306 e. The number of amides is 1. The third-order valence-electron chi connectivity index (χ3n) is 5.28. The van der Waals surface area contributed by atoms with Gasteiger partial charge < -0.3 is 9.80 Å². The molecule has 124 valence electrons. The van der Waals surface area contributed by atoms with Gasteiger partial charge in [-0.05, 0) is 50.7 Å². The van der Waals surface area contributed by atoms with E-state index in [4.69, 9.17) is 11.6 Å². The first-order chi connectivity index (χ1) is 11.6. The molecule has 0 radical (unpaired) electrons. The summed E-state index contributed by atoms with van der Waals surface area (Å²) in [7, 11) is 2.16. The molecule has 0 N–H and O–H groups in total. The van der Waals surface area contributed by atoms with Gasteiger partial charge in [0, 0.05) is 24.2 Å². The molecule has 24 heavy (non-hydrogen) atoms. The van der Waals surface area contributed by atoms with Crippen molar-refractivity contribution in [2.24, 2.45) is 0 Å². The van der Waals surface area contributed by atoms with Gasteiger partial charge in [0.2, 0.25) is 0 Å². The fourth-order valence-electron chi connectivity index (χ4n) is 4.11. The van der Waals surface area contributed by atoms with Crippen LogP contribution in [0.5, 0.6) is 0 Å². The van der Waals surface area contributed by atoms with Crippen molar-refractivity contribution in [1.29, 1.82) is 0 Å². The summed E-state index contributed by atoms with van der Waals surface area (Å²) >= 11 is 6.29. The summed E-state index contributed by atoms with van der Waals surface area (Å²) < 4.78 is 0. The lowest BCUT2D eigenvalue weighted by Gasteiger charge is -2.36. The van der Waals surface area contributed by atoms with Crippen LogP contribution in [0.4, 0.5) is 5.69 Å². The molecule has 2 aliphatic rings. The van der Waals surface area contributed by atoms with Gasteiger partial charge in [0.05, 0.1) is 10.6 Å². The second kappa shape index (κ2) is 5.91. The summed E-state index contributed by atoms with van der Waals surface area (Å²) in [5.74, 6) is 0.396. The molecule has 0 aromatic heterocycles. The zero-order chi connectivity index (χ0) is 16.8. The van der Waals surface area contributed by atoms with Gasteiger partial charge in [-0.15, -0.1) is 0 Å². The van der Waals surface area contributed by atoms with Crippen LogP contribution >= 0.6 is 11.6 Å². The van der Waals surface area contributed by atoms with E-state index in [9.17, 15) is 4.79 Å². The van der Waals surface area contributed by atoms with Crippen molar-refractivity contribution < 1.29 is 4.79 Å². The maximum atomic E-state index is 13.3. The average Bonchev–Trinajstić information content (AvgIpc) is 2.88. The Hall–Kier alpha value is -1.84. The molecule has 2 heterocycles.